The second-order valence-electron chi connectivity index (χ2n) is 8.17. The molecular weight excluding hydrogens is 336 g/mol. The molecule has 4 nitrogen and oxygen atoms in total. The van der Waals surface area contributed by atoms with Crippen LogP contribution in [0.15, 0.2) is 48.7 Å². The highest BCUT2D eigenvalue weighted by molar-refractivity contribution is 5.23. The van der Waals surface area contributed by atoms with Gasteiger partial charge in [-0.1, -0.05) is 35.9 Å². The van der Waals surface area contributed by atoms with E-state index in [0.29, 0.717) is 0 Å². The summed E-state index contributed by atoms with van der Waals surface area (Å²) in [6, 6.07) is 15.0. The van der Waals surface area contributed by atoms with E-state index >= 15 is 0 Å². The lowest BCUT2D eigenvalue weighted by Crippen LogP contribution is -2.49. The summed E-state index contributed by atoms with van der Waals surface area (Å²) in [5, 5.41) is 3.65. The summed E-state index contributed by atoms with van der Waals surface area (Å²) in [6.07, 6.45) is 6.02. The lowest BCUT2D eigenvalue weighted by molar-refractivity contribution is -0.109. The molecule has 1 N–H and O–H groups in total. The second-order valence-corrected chi connectivity index (χ2v) is 8.17. The molecule has 2 aliphatic heterocycles. The van der Waals surface area contributed by atoms with Crippen LogP contribution in [0.2, 0.25) is 0 Å². The largest absolute Gasteiger partial charge is 0.378 e. The maximum atomic E-state index is 6.22. The van der Waals surface area contributed by atoms with Crippen LogP contribution >= 0.6 is 0 Å². The van der Waals surface area contributed by atoms with Crippen molar-refractivity contribution < 1.29 is 9.47 Å². The highest BCUT2D eigenvalue weighted by atomic mass is 16.6. The van der Waals surface area contributed by atoms with E-state index in [0.717, 1.165) is 58.6 Å². The van der Waals surface area contributed by atoms with Crippen LogP contribution in [0.1, 0.15) is 42.5 Å². The zero-order chi connectivity index (χ0) is 18.6. The molecule has 4 heteroatoms. The van der Waals surface area contributed by atoms with Gasteiger partial charge in [0, 0.05) is 43.5 Å². The Morgan fingerprint density at radius 3 is 2.85 bits per heavy atom. The van der Waals surface area contributed by atoms with E-state index in [-0.39, 0.29) is 11.0 Å². The molecule has 1 aromatic heterocycles. The average Bonchev–Trinajstić information content (AvgIpc) is 3.13. The maximum Gasteiger partial charge on any atom is 0.0945 e. The first-order chi connectivity index (χ1) is 13.2. The molecule has 2 fully saturated rings. The van der Waals surface area contributed by atoms with Crippen LogP contribution in [-0.4, -0.2) is 37.0 Å². The minimum Gasteiger partial charge on any atom is -0.378 e. The quantitative estimate of drug-likeness (QED) is 0.790. The van der Waals surface area contributed by atoms with Gasteiger partial charge in [-0.3, -0.25) is 4.98 Å². The SMILES string of the molecule is Cc1cccc(CNCCC2(c3ccccn3)CCOC3(CCOC3)C2)c1. The molecule has 1 aromatic carbocycles. The predicted molar refractivity (Wildman–Crippen MR) is 107 cm³/mol. The van der Waals surface area contributed by atoms with Crippen LogP contribution in [0.3, 0.4) is 0 Å². The third kappa shape index (κ3) is 4.23. The molecule has 0 aliphatic carbocycles. The Hall–Kier alpha value is -1.75. The number of hydrogen-bond donors (Lipinski definition) is 1. The second kappa shape index (κ2) is 8.09. The van der Waals surface area contributed by atoms with E-state index in [4.69, 9.17) is 14.5 Å². The van der Waals surface area contributed by atoms with Crippen molar-refractivity contribution in [3.05, 3.63) is 65.5 Å². The smallest absolute Gasteiger partial charge is 0.0945 e. The Morgan fingerprint density at radius 1 is 1.11 bits per heavy atom. The van der Waals surface area contributed by atoms with Gasteiger partial charge in [-0.15, -0.1) is 0 Å². The van der Waals surface area contributed by atoms with Gasteiger partial charge in [0.15, 0.2) is 0 Å². The van der Waals surface area contributed by atoms with Crippen LogP contribution in [0.4, 0.5) is 0 Å². The Labute approximate surface area is 162 Å². The normalized spacial score (nSPS) is 27.9. The molecule has 0 radical (unpaired) electrons. The van der Waals surface area contributed by atoms with Gasteiger partial charge in [0.2, 0.25) is 0 Å². The van der Waals surface area contributed by atoms with E-state index in [1.807, 2.05) is 12.3 Å². The fourth-order valence-corrected chi connectivity index (χ4v) is 4.68. The molecule has 144 valence electrons. The van der Waals surface area contributed by atoms with Crippen molar-refractivity contribution in [3.63, 3.8) is 0 Å². The first kappa shape index (κ1) is 18.6. The van der Waals surface area contributed by atoms with Gasteiger partial charge in [0.05, 0.1) is 12.2 Å². The number of benzene rings is 1. The molecule has 4 rings (SSSR count). The number of ether oxygens (including phenoxy) is 2. The van der Waals surface area contributed by atoms with Crippen LogP contribution in [0.5, 0.6) is 0 Å². The molecule has 2 aliphatic rings. The number of rotatable bonds is 6. The van der Waals surface area contributed by atoms with Crippen LogP contribution in [0, 0.1) is 6.92 Å². The summed E-state index contributed by atoms with van der Waals surface area (Å²) in [5.41, 5.74) is 3.80. The van der Waals surface area contributed by atoms with E-state index in [2.05, 4.69) is 48.6 Å². The van der Waals surface area contributed by atoms with Gasteiger partial charge >= 0.3 is 0 Å². The van der Waals surface area contributed by atoms with Crippen molar-refractivity contribution in [2.24, 2.45) is 0 Å². The summed E-state index contributed by atoms with van der Waals surface area (Å²) in [7, 11) is 0. The van der Waals surface area contributed by atoms with Crippen molar-refractivity contribution in [2.75, 3.05) is 26.4 Å². The molecule has 2 saturated heterocycles. The topological polar surface area (TPSA) is 43.4 Å². The van der Waals surface area contributed by atoms with E-state index in [9.17, 15) is 0 Å². The molecule has 0 saturated carbocycles. The van der Waals surface area contributed by atoms with Crippen LogP contribution < -0.4 is 5.32 Å². The molecular formula is C23H30N2O2. The number of hydrogen-bond acceptors (Lipinski definition) is 4. The van der Waals surface area contributed by atoms with Crippen molar-refractivity contribution >= 4 is 0 Å². The fourth-order valence-electron chi connectivity index (χ4n) is 4.68. The lowest BCUT2D eigenvalue weighted by atomic mass is 9.68. The first-order valence-corrected chi connectivity index (χ1v) is 10.1. The van der Waals surface area contributed by atoms with Gasteiger partial charge in [0.1, 0.15) is 0 Å². The molecule has 2 aromatic rings. The average molecular weight is 367 g/mol. The number of nitrogens with one attached hydrogen (secondary N) is 1. The number of aryl methyl sites for hydroxylation is 1. The zero-order valence-electron chi connectivity index (χ0n) is 16.2. The highest BCUT2D eigenvalue weighted by Gasteiger charge is 2.49. The standard InChI is InChI=1S/C23H30N2O2/c1-19-5-4-6-20(15-19)16-24-12-8-22(21-7-2-3-11-25-21)9-14-27-23(17-22)10-13-26-18-23/h2-7,11,15,24H,8-10,12-14,16-18H2,1H3. The minimum atomic E-state index is -0.119. The fraction of sp³-hybridized carbons (Fsp3) is 0.522. The Bertz CT molecular complexity index is 743. The third-order valence-electron chi connectivity index (χ3n) is 6.12. The summed E-state index contributed by atoms with van der Waals surface area (Å²) in [5.74, 6) is 0. The predicted octanol–water partition coefficient (Wildman–Crippen LogP) is 3.78. The molecule has 0 amide bonds. The third-order valence-corrected chi connectivity index (χ3v) is 6.12. The van der Waals surface area contributed by atoms with E-state index < -0.39 is 0 Å². The number of nitrogens with zero attached hydrogens (tertiary/aromatic N) is 1. The highest BCUT2D eigenvalue weighted by Crippen LogP contribution is 2.46. The van der Waals surface area contributed by atoms with Gasteiger partial charge in [0.25, 0.3) is 0 Å². The molecule has 2 unspecified atom stereocenters. The lowest BCUT2D eigenvalue weighted by Gasteiger charge is -2.45. The Morgan fingerprint density at radius 2 is 2.07 bits per heavy atom. The first-order valence-electron chi connectivity index (χ1n) is 10.1. The Kier molecular flexibility index (Phi) is 5.58. The monoisotopic (exact) mass is 366 g/mol. The molecule has 3 heterocycles. The van der Waals surface area contributed by atoms with E-state index in [1.165, 1.54) is 16.8 Å². The Balaban J connectivity index is 1.45. The van der Waals surface area contributed by atoms with Gasteiger partial charge in [-0.2, -0.15) is 0 Å². The molecule has 1 spiro atoms. The van der Waals surface area contributed by atoms with Crippen molar-refractivity contribution in [1.29, 1.82) is 0 Å². The summed E-state index contributed by atoms with van der Waals surface area (Å²) < 4.78 is 11.9. The minimum absolute atomic E-state index is 0.0623. The van der Waals surface area contributed by atoms with Gasteiger partial charge in [-0.05, 0) is 50.4 Å². The van der Waals surface area contributed by atoms with Crippen LogP contribution in [0.25, 0.3) is 0 Å². The summed E-state index contributed by atoms with van der Waals surface area (Å²) >= 11 is 0. The number of pyridine rings is 1. The van der Waals surface area contributed by atoms with E-state index in [1.54, 1.807) is 0 Å². The maximum absolute atomic E-state index is 6.22. The summed E-state index contributed by atoms with van der Waals surface area (Å²) in [6.45, 7) is 6.34. The van der Waals surface area contributed by atoms with Crippen molar-refractivity contribution in [3.8, 4) is 0 Å². The molecule has 27 heavy (non-hydrogen) atoms. The van der Waals surface area contributed by atoms with Crippen LogP contribution in [-0.2, 0) is 21.4 Å². The number of aromatic nitrogens is 1. The van der Waals surface area contributed by atoms with Gasteiger partial charge < -0.3 is 14.8 Å². The molecule has 2 atom stereocenters. The van der Waals surface area contributed by atoms with Crippen molar-refractivity contribution in [2.45, 2.75) is 50.2 Å². The summed E-state index contributed by atoms with van der Waals surface area (Å²) in [4.78, 5) is 4.75. The van der Waals surface area contributed by atoms with Crippen molar-refractivity contribution in [1.82, 2.24) is 10.3 Å². The van der Waals surface area contributed by atoms with Gasteiger partial charge in [-0.25, -0.2) is 0 Å². The molecule has 0 bridgehead atoms. The zero-order valence-corrected chi connectivity index (χ0v) is 16.2.